The third-order valence-corrected chi connectivity index (χ3v) is 6.06. The summed E-state index contributed by atoms with van der Waals surface area (Å²) in [6.07, 6.45) is 10.2. The number of nitrogens with zero attached hydrogens (tertiary/aromatic N) is 2. The Morgan fingerprint density at radius 3 is 0.906 bits per heavy atom. The van der Waals surface area contributed by atoms with Crippen LogP contribution in [0.5, 0.6) is 0 Å². The molecular formula is C26H56N2O4. The fourth-order valence-corrected chi connectivity index (χ4v) is 4.43. The zero-order chi connectivity index (χ0) is 24.2. The van der Waals surface area contributed by atoms with Crippen molar-refractivity contribution in [2.45, 2.75) is 129 Å². The van der Waals surface area contributed by atoms with E-state index in [9.17, 15) is 20.4 Å². The summed E-state index contributed by atoms with van der Waals surface area (Å²) in [5.41, 5.74) is 0. The molecule has 6 heteroatoms. The van der Waals surface area contributed by atoms with Crippen LogP contribution < -0.4 is 0 Å². The second-order valence-corrected chi connectivity index (χ2v) is 9.70. The van der Waals surface area contributed by atoms with E-state index in [-0.39, 0.29) is 24.4 Å². The number of hydrogen-bond donors (Lipinski definition) is 4. The molecule has 0 radical (unpaired) electrons. The highest BCUT2D eigenvalue weighted by molar-refractivity contribution is 4.71. The molecule has 32 heavy (non-hydrogen) atoms. The second-order valence-electron chi connectivity index (χ2n) is 9.70. The van der Waals surface area contributed by atoms with Gasteiger partial charge < -0.3 is 20.4 Å². The standard InChI is InChI=1S/C26H56N2O4/c1-5-13-23(29)19-27(20-24(30)14-6-2)17-11-9-10-12-18-28(21-25(31)15-7-3)22-26(32)16-8-4/h23-26,29-32H,5-22H2,1-4H3. The molecule has 194 valence electrons. The Bertz CT molecular complexity index is 336. The third kappa shape index (κ3) is 18.2. The molecule has 0 rings (SSSR count). The molecule has 0 spiro atoms. The predicted molar refractivity (Wildman–Crippen MR) is 135 cm³/mol. The van der Waals surface area contributed by atoms with Crippen molar-refractivity contribution in [2.75, 3.05) is 39.3 Å². The van der Waals surface area contributed by atoms with Crippen molar-refractivity contribution >= 4 is 0 Å². The Kier molecular flexibility index (Phi) is 21.1. The highest BCUT2D eigenvalue weighted by atomic mass is 16.3. The molecule has 0 bridgehead atoms. The van der Waals surface area contributed by atoms with E-state index in [0.29, 0.717) is 26.2 Å². The van der Waals surface area contributed by atoms with E-state index in [1.54, 1.807) is 0 Å². The molecule has 0 aromatic heterocycles. The maximum atomic E-state index is 10.2. The van der Waals surface area contributed by atoms with Gasteiger partial charge in [-0.1, -0.05) is 66.2 Å². The van der Waals surface area contributed by atoms with Crippen LogP contribution in [-0.4, -0.2) is 93.9 Å². The van der Waals surface area contributed by atoms with Gasteiger partial charge in [0.1, 0.15) is 0 Å². The van der Waals surface area contributed by atoms with Gasteiger partial charge in [0.2, 0.25) is 0 Å². The number of aliphatic hydroxyl groups is 4. The minimum absolute atomic E-state index is 0.313. The van der Waals surface area contributed by atoms with E-state index >= 15 is 0 Å². The average Bonchev–Trinajstić information content (AvgIpc) is 2.70. The van der Waals surface area contributed by atoms with E-state index in [1.165, 1.54) is 0 Å². The number of rotatable bonds is 23. The van der Waals surface area contributed by atoms with Gasteiger partial charge in [-0.05, 0) is 51.6 Å². The second kappa shape index (κ2) is 21.3. The first-order valence-corrected chi connectivity index (χ1v) is 13.5. The zero-order valence-corrected chi connectivity index (χ0v) is 21.7. The summed E-state index contributed by atoms with van der Waals surface area (Å²) in [7, 11) is 0. The lowest BCUT2D eigenvalue weighted by atomic mass is 10.1. The largest absolute Gasteiger partial charge is 0.392 e. The quantitative estimate of drug-likeness (QED) is 0.174. The molecule has 4 N–H and O–H groups in total. The molecule has 4 unspecified atom stereocenters. The van der Waals surface area contributed by atoms with Crippen LogP contribution in [0.1, 0.15) is 105 Å². The highest BCUT2D eigenvalue weighted by Crippen LogP contribution is 2.10. The minimum Gasteiger partial charge on any atom is -0.392 e. The van der Waals surface area contributed by atoms with E-state index < -0.39 is 0 Å². The maximum Gasteiger partial charge on any atom is 0.0667 e. The Labute approximate surface area is 199 Å². The molecular weight excluding hydrogens is 404 g/mol. The molecule has 0 heterocycles. The van der Waals surface area contributed by atoms with Gasteiger partial charge in [0.25, 0.3) is 0 Å². The Hall–Kier alpha value is -0.240. The van der Waals surface area contributed by atoms with E-state index in [1.807, 2.05) is 0 Å². The lowest BCUT2D eigenvalue weighted by Crippen LogP contribution is -2.39. The van der Waals surface area contributed by atoms with Gasteiger partial charge in [0.15, 0.2) is 0 Å². The summed E-state index contributed by atoms with van der Waals surface area (Å²) in [5.74, 6) is 0. The van der Waals surface area contributed by atoms with Crippen LogP contribution in [0.2, 0.25) is 0 Å². The predicted octanol–water partition coefficient (Wildman–Crippen LogP) is 3.79. The van der Waals surface area contributed by atoms with Gasteiger partial charge in [0.05, 0.1) is 24.4 Å². The zero-order valence-electron chi connectivity index (χ0n) is 21.7. The summed E-state index contributed by atoms with van der Waals surface area (Å²) < 4.78 is 0. The van der Waals surface area contributed by atoms with Crippen molar-refractivity contribution in [3.8, 4) is 0 Å². The van der Waals surface area contributed by atoms with Gasteiger partial charge >= 0.3 is 0 Å². The number of unbranched alkanes of at least 4 members (excludes halogenated alkanes) is 3. The van der Waals surface area contributed by atoms with Crippen LogP contribution in [0.4, 0.5) is 0 Å². The molecule has 0 saturated heterocycles. The SMILES string of the molecule is CCCC(O)CN(CCCCCCN(CC(O)CCC)CC(O)CCC)CC(O)CCC. The Balaban J connectivity index is 4.37. The smallest absolute Gasteiger partial charge is 0.0667 e. The van der Waals surface area contributed by atoms with Crippen LogP contribution in [0.3, 0.4) is 0 Å². The van der Waals surface area contributed by atoms with Crippen molar-refractivity contribution in [2.24, 2.45) is 0 Å². The third-order valence-electron chi connectivity index (χ3n) is 6.06. The molecule has 0 aliphatic carbocycles. The van der Waals surface area contributed by atoms with Crippen molar-refractivity contribution in [3.05, 3.63) is 0 Å². The molecule has 0 fully saturated rings. The molecule has 0 aliphatic heterocycles. The fourth-order valence-electron chi connectivity index (χ4n) is 4.43. The fraction of sp³-hybridized carbons (Fsp3) is 1.00. The molecule has 0 aliphatic rings. The summed E-state index contributed by atoms with van der Waals surface area (Å²) >= 11 is 0. The monoisotopic (exact) mass is 460 g/mol. The summed E-state index contributed by atoms with van der Waals surface area (Å²) in [6, 6.07) is 0. The van der Waals surface area contributed by atoms with Crippen molar-refractivity contribution in [1.82, 2.24) is 9.80 Å². The molecule has 0 amide bonds. The summed E-state index contributed by atoms with van der Waals surface area (Å²) in [6.45, 7) is 12.8. The Morgan fingerprint density at radius 1 is 0.438 bits per heavy atom. The Morgan fingerprint density at radius 2 is 0.688 bits per heavy atom. The molecule has 0 saturated carbocycles. The summed E-state index contributed by atoms with van der Waals surface area (Å²) in [5, 5.41) is 40.9. The molecule has 0 aromatic carbocycles. The van der Waals surface area contributed by atoms with Crippen LogP contribution >= 0.6 is 0 Å². The van der Waals surface area contributed by atoms with E-state index in [4.69, 9.17) is 0 Å². The van der Waals surface area contributed by atoms with Crippen LogP contribution in [0, 0.1) is 0 Å². The number of aliphatic hydroxyl groups excluding tert-OH is 4. The van der Waals surface area contributed by atoms with E-state index in [2.05, 4.69) is 37.5 Å². The molecule has 4 atom stereocenters. The lowest BCUT2D eigenvalue weighted by Gasteiger charge is -2.28. The van der Waals surface area contributed by atoms with Crippen molar-refractivity contribution in [1.29, 1.82) is 0 Å². The van der Waals surface area contributed by atoms with Crippen molar-refractivity contribution in [3.63, 3.8) is 0 Å². The topological polar surface area (TPSA) is 87.4 Å². The normalized spacial score (nSPS) is 15.9. The van der Waals surface area contributed by atoms with Gasteiger partial charge in [-0.2, -0.15) is 0 Å². The van der Waals surface area contributed by atoms with Crippen molar-refractivity contribution < 1.29 is 20.4 Å². The van der Waals surface area contributed by atoms with Crippen LogP contribution in [0.25, 0.3) is 0 Å². The van der Waals surface area contributed by atoms with E-state index in [0.717, 1.165) is 90.1 Å². The van der Waals surface area contributed by atoms with Gasteiger partial charge in [0, 0.05) is 26.2 Å². The first kappa shape index (κ1) is 31.8. The first-order chi connectivity index (χ1) is 15.4. The summed E-state index contributed by atoms with van der Waals surface area (Å²) in [4.78, 5) is 4.46. The van der Waals surface area contributed by atoms with Gasteiger partial charge in [-0.3, -0.25) is 9.80 Å². The molecule has 0 aromatic rings. The van der Waals surface area contributed by atoms with Crippen LogP contribution in [-0.2, 0) is 0 Å². The van der Waals surface area contributed by atoms with Gasteiger partial charge in [-0.25, -0.2) is 0 Å². The minimum atomic E-state index is -0.313. The lowest BCUT2D eigenvalue weighted by molar-refractivity contribution is 0.0588. The van der Waals surface area contributed by atoms with Crippen LogP contribution in [0.15, 0.2) is 0 Å². The van der Waals surface area contributed by atoms with Gasteiger partial charge in [-0.15, -0.1) is 0 Å². The highest BCUT2D eigenvalue weighted by Gasteiger charge is 2.16. The molecule has 6 nitrogen and oxygen atoms in total. The maximum absolute atomic E-state index is 10.2. The first-order valence-electron chi connectivity index (χ1n) is 13.5. The average molecular weight is 461 g/mol. The number of hydrogen-bond acceptors (Lipinski definition) is 6.